The number of ether oxygens (including phenoxy) is 1. The number of nitrogens with zero attached hydrogens (tertiary/aromatic N) is 2. The number of anilines is 1. The molecule has 1 N–H and O–H groups in total. The summed E-state index contributed by atoms with van der Waals surface area (Å²) in [7, 11) is 0. The van der Waals surface area contributed by atoms with Crippen molar-refractivity contribution in [3.05, 3.63) is 34.8 Å². The van der Waals surface area contributed by atoms with E-state index in [1.807, 2.05) is 0 Å². The van der Waals surface area contributed by atoms with Crippen LogP contribution in [0.3, 0.4) is 0 Å². The molecule has 0 aliphatic heterocycles. The van der Waals surface area contributed by atoms with Gasteiger partial charge in [-0.2, -0.15) is 0 Å². The highest BCUT2D eigenvalue weighted by Crippen LogP contribution is 2.15. The average molecular weight is 291 g/mol. The van der Waals surface area contributed by atoms with Gasteiger partial charge in [0, 0.05) is 5.56 Å². The van der Waals surface area contributed by atoms with Crippen molar-refractivity contribution in [1.82, 2.24) is 10.2 Å². The molecule has 0 bridgehead atoms. The topological polar surface area (TPSA) is 81.2 Å². The molecule has 0 saturated carbocycles. The van der Waals surface area contributed by atoms with Gasteiger partial charge in [-0.05, 0) is 26.0 Å². The second-order valence-corrected chi connectivity index (χ2v) is 5.23. The quantitative estimate of drug-likeness (QED) is 0.853. The molecule has 1 aromatic heterocycles. The van der Waals surface area contributed by atoms with Crippen LogP contribution in [0.2, 0.25) is 0 Å². The van der Waals surface area contributed by atoms with E-state index in [2.05, 4.69) is 15.5 Å². The molecule has 0 radical (unpaired) electrons. The predicted molar refractivity (Wildman–Crippen MR) is 75.2 cm³/mol. The maximum atomic E-state index is 11.6. The van der Waals surface area contributed by atoms with E-state index in [4.69, 9.17) is 4.74 Å². The summed E-state index contributed by atoms with van der Waals surface area (Å²) in [5, 5.41) is 11.4. The molecule has 1 aromatic carbocycles. The lowest BCUT2D eigenvalue weighted by molar-refractivity contribution is -0.118. The van der Waals surface area contributed by atoms with E-state index < -0.39 is 0 Å². The van der Waals surface area contributed by atoms with E-state index in [-0.39, 0.29) is 18.3 Å². The number of hydrogen-bond acceptors (Lipinski definition) is 6. The van der Waals surface area contributed by atoms with Gasteiger partial charge in [0.05, 0.1) is 0 Å². The lowest BCUT2D eigenvalue weighted by Crippen LogP contribution is -2.20. The molecule has 0 aliphatic carbocycles. The summed E-state index contributed by atoms with van der Waals surface area (Å²) in [6.45, 7) is 3.13. The lowest BCUT2D eigenvalue weighted by atomic mass is 10.1. The van der Waals surface area contributed by atoms with Crippen LogP contribution in [0.5, 0.6) is 5.75 Å². The summed E-state index contributed by atoms with van der Waals surface area (Å²) in [5.41, 5.74) is 0.544. The summed E-state index contributed by atoms with van der Waals surface area (Å²) in [6, 6.07) is 6.69. The molecule has 6 nitrogen and oxygen atoms in total. The Labute approximate surface area is 119 Å². The van der Waals surface area contributed by atoms with Crippen molar-refractivity contribution in [3.63, 3.8) is 0 Å². The standard InChI is InChI=1S/C13H13N3O3S/c1-8(17)10-4-3-5-11(6-10)19-7-12(18)14-13-16-15-9(2)20-13/h3-6H,7H2,1-2H3,(H,14,16,18). The fourth-order valence-electron chi connectivity index (χ4n) is 1.46. The van der Waals surface area contributed by atoms with E-state index >= 15 is 0 Å². The Morgan fingerprint density at radius 3 is 2.80 bits per heavy atom. The molecule has 7 heteroatoms. The molecule has 20 heavy (non-hydrogen) atoms. The van der Waals surface area contributed by atoms with Crippen molar-refractivity contribution >= 4 is 28.2 Å². The van der Waals surface area contributed by atoms with Crippen LogP contribution in [0.1, 0.15) is 22.3 Å². The first-order valence-corrected chi connectivity index (χ1v) is 6.70. The molecule has 1 amide bonds. The van der Waals surface area contributed by atoms with Crippen LogP contribution in [-0.4, -0.2) is 28.5 Å². The van der Waals surface area contributed by atoms with E-state index in [1.54, 1.807) is 31.2 Å². The van der Waals surface area contributed by atoms with Gasteiger partial charge >= 0.3 is 0 Å². The average Bonchev–Trinajstić information content (AvgIpc) is 2.82. The van der Waals surface area contributed by atoms with Gasteiger partial charge in [0.25, 0.3) is 5.91 Å². The van der Waals surface area contributed by atoms with E-state index in [0.717, 1.165) is 5.01 Å². The van der Waals surface area contributed by atoms with Crippen molar-refractivity contribution in [2.75, 3.05) is 11.9 Å². The Kier molecular flexibility index (Phi) is 4.41. The molecule has 0 atom stereocenters. The fourth-order valence-corrected chi connectivity index (χ4v) is 2.06. The molecule has 0 unspecified atom stereocenters. The zero-order valence-electron chi connectivity index (χ0n) is 11.0. The SMILES string of the molecule is CC(=O)c1cccc(OCC(=O)Nc2nnc(C)s2)c1. The highest BCUT2D eigenvalue weighted by Gasteiger charge is 2.08. The largest absolute Gasteiger partial charge is 0.484 e. The molecule has 2 rings (SSSR count). The maximum Gasteiger partial charge on any atom is 0.264 e. The molecular weight excluding hydrogens is 278 g/mol. The highest BCUT2D eigenvalue weighted by atomic mass is 32.1. The smallest absolute Gasteiger partial charge is 0.264 e. The molecule has 0 fully saturated rings. The number of hydrogen-bond donors (Lipinski definition) is 1. The fraction of sp³-hybridized carbons (Fsp3) is 0.231. The Balaban J connectivity index is 1.90. The summed E-state index contributed by atoms with van der Waals surface area (Å²) in [4.78, 5) is 22.9. The summed E-state index contributed by atoms with van der Waals surface area (Å²) in [5.74, 6) is 0.0971. The number of nitrogens with one attached hydrogen (secondary N) is 1. The number of rotatable bonds is 5. The first kappa shape index (κ1) is 14.1. The number of aromatic nitrogens is 2. The minimum absolute atomic E-state index is 0.0516. The number of benzene rings is 1. The van der Waals surface area contributed by atoms with Crippen LogP contribution in [0.4, 0.5) is 5.13 Å². The Hall–Kier alpha value is -2.28. The summed E-state index contributed by atoms with van der Waals surface area (Å²) in [6.07, 6.45) is 0. The number of Topliss-reactive ketones (excluding diaryl/α,β-unsaturated/α-hetero) is 1. The summed E-state index contributed by atoms with van der Waals surface area (Å²) < 4.78 is 5.33. The van der Waals surface area contributed by atoms with Crippen LogP contribution in [-0.2, 0) is 4.79 Å². The van der Waals surface area contributed by atoms with Crippen LogP contribution in [0.25, 0.3) is 0 Å². The van der Waals surface area contributed by atoms with Crippen molar-refractivity contribution in [2.24, 2.45) is 0 Å². The molecular formula is C13H13N3O3S. The van der Waals surface area contributed by atoms with Crippen LogP contribution < -0.4 is 10.1 Å². The van der Waals surface area contributed by atoms with Crippen LogP contribution in [0.15, 0.2) is 24.3 Å². The number of ketones is 1. The van der Waals surface area contributed by atoms with Crippen LogP contribution >= 0.6 is 11.3 Å². The van der Waals surface area contributed by atoms with E-state index in [1.165, 1.54) is 18.3 Å². The molecule has 0 aliphatic rings. The predicted octanol–water partition coefficient (Wildman–Crippen LogP) is 2.07. The third-order valence-corrected chi connectivity index (χ3v) is 3.14. The van der Waals surface area contributed by atoms with Crippen LogP contribution in [0, 0.1) is 6.92 Å². The number of amides is 1. The minimum Gasteiger partial charge on any atom is -0.484 e. The monoisotopic (exact) mass is 291 g/mol. The summed E-state index contributed by atoms with van der Waals surface area (Å²) >= 11 is 1.29. The Morgan fingerprint density at radius 2 is 2.15 bits per heavy atom. The third-order valence-electron chi connectivity index (χ3n) is 2.38. The number of aryl methyl sites for hydroxylation is 1. The molecule has 104 valence electrons. The van der Waals surface area contributed by atoms with E-state index in [0.29, 0.717) is 16.4 Å². The normalized spacial score (nSPS) is 10.1. The number of carbonyl (C=O) groups excluding carboxylic acids is 2. The van der Waals surface area contributed by atoms with Gasteiger partial charge in [-0.25, -0.2) is 0 Å². The minimum atomic E-state index is -0.325. The molecule has 0 saturated heterocycles. The van der Waals surface area contributed by atoms with Gasteiger partial charge in [0.15, 0.2) is 12.4 Å². The number of carbonyl (C=O) groups is 2. The highest BCUT2D eigenvalue weighted by molar-refractivity contribution is 7.15. The van der Waals surface area contributed by atoms with Crippen molar-refractivity contribution in [3.8, 4) is 5.75 Å². The molecule has 1 heterocycles. The third kappa shape index (κ3) is 3.86. The Morgan fingerprint density at radius 1 is 1.35 bits per heavy atom. The first-order valence-electron chi connectivity index (χ1n) is 5.88. The molecule has 2 aromatic rings. The van der Waals surface area contributed by atoms with E-state index in [9.17, 15) is 9.59 Å². The Bertz CT molecular complexity index is 639. The van der Waals surface area contributed by atoms with Crippen molar-refractivity contribution in [1.29, 1.82) is 0 Å². The van der Waals surface area contributed by atoms with Gasteiger partial charge < -0.3 is 4.74 Å². The zero-order chi connectivity index (χ0) is 14.5. The first-order chi connectivity index (χ1) is 9.54. The van der Waals surface area contributed by atoms with Gasteiger partial charge in [-0.1, -0.05) is 23.5 Å². The molecule has 0 spiro atoms. The van der Waals surface area contributed by atoms with Gasteiger partial charge in [-0.15, -0.1) is 10.2 Å². The van der Waals surface area contributed by atoms with Gasteiger partial charge in [-0.3, -0.25) is 14.9 Å². The second kappa shape index (κ2) is 6.25. The van der Waals surface area contributed by atoms with Gasteiger partial charge in [0.2, 0.25) is 5.13 Å². The lowest BCUT2D eigenvalue weighted by Gasteiger charge is -2.06. The second-order valence-electron chi connectivity index (χ2n) is 4.05. The zero-order valence-corrected chi connectivity index (χ0v) is 11.9. The van der Waals surface area contributed by atoms with Crippen molar-refractivity contribution < 1.29 is 14.3 Å². The van der Waals surface area contributed by atoms with Gasteiger partial charge in [0.1, 0.15) is 10.8 Å². The maximum absolute atomic E-state index is 11.6. The van der Waals surface area contributed by atoms with Crippen molar-refractivity contribution in [2.45, 2.75) is 13.8 Å².